The van der Waals surface area contributed by atoms with Crippen LogP contribution in [0.5, 0.6) is 5.75 Å². The smallest absolute Gasteiger partial charge is 0.130 e. The van der Waals surface area contributed by atoms with Crippen molar-refractivity contribution in [2.45, 2.75) is 25.3 Å². The number of hydrogen-bond donors (Lipinski definition) is 1. The maximum Gasteiger partial charge on any atom is 0.130 e. The van der Waals surface area contributed by atoms with Gasteiger partial charge in [-0.15, -0.1) is 0 Å². The van der Waals surface area contributed by atoms with Gasteiger partial charge >= 0.3 is 0 Å². The Morgan fingerprint density at radius 3 is 2.81 bits per heavy atom. The van der Waals surface area contributed by atoms with E-state index < -0.39 is 17.7 Å². The van der Waals surface area contributed by atoms with Gasteiger partial charge in [-0.3, -0.25) is 0 Å². The lowest BCUT2D eigenvalue weighted by Gasteiger charge is -2.13. The van der Waals surface area contributed by atoms with E-state index in [0.717, 1.165) is 36.8 Å². The lowest BCUT2D eigenvalue weighted by atomic mass is 9.98. The molecule has 0 radical (unpaired) electrons. The number of ether oxygens (including phenoxy) is 1. The second-order valence-electron chi connectivity index (χ2n) is 5.35. The second-order valence-corrected chi connectivity index (χ2v) is 5.35. The summed E-state index contributed by atoms with van der Waals surface area (Å²) in [5.74, 6) is -0.209. The van der Waals surface area contributed by atoms with Crippen LogP contribution in [0.25, 0.3) is 0 Å². The molecule has 1 aliphatic rings. The molecule has 2 N–H and O–H groups in total. The van der Waals surface area contributed by atoms with Crippen molar-refractivity contribution < 1.29 is 13.5 Å². The summed E-state index contributed by atoms with van der Waals surface area (Å²) in [4.78, 5) is 0. The van der Waals surface area contributed by atoms with Crippen molar-refractivity contribution >= 4 is 0 Å². The summed E-state index contributed by atoms with van der Waals surface area (Å²) in [7, 11) is 0. The number of nitrogens with two attached hydrogens (primary N) is 1. The third-order valence-corrected chi connectivity index (χ3v) is 3.86. The van der Waals surface area contributed by atoms with Gasteiger partial charge in [0.05, 0.1) is 6.61 Å². The lowest BCUT2D eigenvalue weighted by molar-refractivity contribution is 0.357. The Balaban J connectivity index is 1.67. The zero-order valence-electron chi connectivity index (χ0n) is 11.6. The van der Waals surface area contributed by atoms with Gasteiger partial charge in [-0.05, 0) is 36.1 Å². The first-order chi connectivity index (χ1) is 10.1. The Hall–Kier alpha value is -1.94. The van der Waals surface area contributed by atoms with E-state index in [-0.39, 0.29) is 0 Å². The number of halogens is 2. The number of fused-ring (bicyclic) bond motifs is 1. The van der Waals surface area contributed by atoms with E-state index in [0.29, 0.717) is 12.0 Å². The fraction of sp³-hybridized carbons (Fsp3) is 0.294. The molecule has 0 saturated heterocycles. The maximum absolute atomic E-state index is 13.7. The molecule has 1 heterocycles. The first kappa shape index (κ1) is 14.0. The maximum atomic E-state index is 13.7. The highest BCUT2D eigenvalue weighted by molar-refractivity contribution is 5.40. The molecule has 2 nitrogen and oxygen atoms in total. The number of hydrogen-bond acceptors (Lipinski definition) is 2. The van der Waals surface area contributed by atoms with Crippen LogP contribution < -0.4 is 10.5 Å². The molecule has 21 heavy (non-hydrogen) atoms. The first-order valence-corrected chi connectivity index (χ1v) is 7.08. The molecule has 0 aliphatic carbocycles. The van der Waals surface area contributed by atoms with Gasteiger partial charge in [-0.1, -0.05) is 18.2 Å². The predicted molar refractivity (Wildman–Crippen MR) is 77.2 cm³/mol. The van der Waals surface area contributed by atoms with Crippen molar-refractivity contribution in [1.29, 1.82) is 0 Å². The van der Waals surface area contributed by atoms with E-state index in [1.165, 1.54) is 17.7 Å². The minimum absolute atomic E-state index is 0.362. The van der Waals surface area contributed by atoms with Crippen molar-refractivity contribution in [2.24, 2.45) is 5.73 Å². The average molecular weight is 289 g/mol. The minimum atomic E-state index is -0.581. The molecule has 2 aromatic carbocycles. The summed E-state index contributed by atoms with van der Waals surface area (Å²) in [6, 6.07) is 9.21. The van der Waals surface area contributed by atoms with Crippen molar-refractivity contribution in [3.63, 3.8) is 0 Å². The molecule has 0 amide bonds. The largest absolute Gasteiger partial charge is 0.493 e. The highest BCUT2D eigenvalue weighted by Crippen LogP contribution is 2.27. The Labute approximate surface area is 122 Å². The fourth-order valence-electron chi connectivity index (χ4n) is 2.68. The van der Waals surface area contributed by atoms with Crippen LogP contribution in [0.15, 0.2) is 36.4 Å². The first-order valence-electron chi connectivity index (χ1n) is 7.08. The van der Waals surface area contributed by atoms with E-state index in [1.807, 2.05) is 12.1 Å². The van der Waals surface area contributed by atoms with Gasteiger partial charge in [0.1, 0.15) is 17.4 Å². The molecule has 110 valence electrons. The van der Waals surface area contributed by atoms with E-state index in [2.05, 4.69) is 6.07 Å². The molecule has 1 aliphatic heterocycles. The Morgan fingerprint density at radius 2 is 2.00 bits per heavy atom. The SMILES string of the molecule is NC(CCc1ccc2c(c1)CCO2)c1ccc(F)cc1F. The topological polar surface area (TPSA) is 35.2 Å². The van der Waals surface area contributed by atoms with Crippen LogP contribution in [0.4, 0.5) is 8.78 Å². The normalized spacial score (nSPS) is 14.6. The third kappa shape index (κ3) is 3.05. The van der Waals surface area contributed by atoms with Crippen molar-refractivity contribution in [3.8, 4) is 5.75 Å². The van der Waals surface area contributed by atoms with Gasteiger partial charge in [0, 0.05) is 24.1 Å². The third-order valence-electron chi connectivity index (χ3n) is 3.86. The molecule has 1 unspecified atom stereocenters. The summed E-state index contributed by atoms with van der Waals surface area (Å²) in [5.41, 5.74) is 8.76. The highest BCUT2D eigenvalue weighted by Gasteiger charge is 2.14. The molecule has 4 heteroatoms. The standard InChI is InChI=1S/C17H17F2NO/c18-13-3-4-14(15(19)10-13)16(20)5-1-11-2-6-17-12(9-11)7-8-21-17/h2-4,6,9-10,16H,1,5,7-8,20H2. The van der Waals surface area contributed by atoms with Gasteiger partial charge in [0.15, 0.2) is 0 Å². The second kappa shape index (κ2) is 5.82. The van der Waals surface area contributed by atoms with E-state index in [1.54, 1.807) is 0 Å². The quantitative estimate of drug-likeness (QED) is 0.934. The summed E-state index contributed by atoms with van der Waals surface area (Å²) in [6.45, 7) is 0.735. The van der Waals surface area contributed by atoms with Crippen LogP contribution >= 0.6 is 0 Å². The molecular formula is C17H17F2NO. The summed E-state index contributed by atoms with van der Waals surface area (Å²) >= 11 is 0. The molecule has 0 aromatic heterocycles. The van der Waals surface area contributed by atoms with E-state index >= 15 is 0 Å². The zero-order chi connectivity index (χ0) is 14.8. The Kier molecular flexibility index (Phi) is 3.88. The van der Waals surface area contributed by atoms with Crippen LogP contribution in [0, 0.1) is 11.6 Å². The lowest BCUT2D eigenvalue weighted by Crippen LogP contribution is -2.13. The summed E-state index contributed by atoms with van der Waals surface area (Å²) in [5, 5.41) is 0. The fourth-order valence-corrected chi connectivity index (χ4v) is 2.68. The molecule has 0 fully saturated rings. The van der Waals surface area contributed by atoms with Crippen LogP contribution in [0.3, 0.4) is 0 Å². The summed E-state index contributed by atoms with van der Waals surface area (Å²) in [6.07, 6.45) is 2.30. The van der Waals surface area contributed by atoms with E-state index in [9.17, 15) is 8.78 Å². The average Bonchev–Trinajstić information content (AvgIpc) is 2.92. The highest BCUT2D eigenvalue weighted by atomic mass is 19.1. The van der Waals surface area contributed by atoms with Gasteiger partial charge in [0.25, 0.3) is 0 Å². The molecule has 0 bridgehead atoms. The summed E-state index contributed by atoms with van der Waals surface area (Å²) < 4.78 is 32.0. The van der Waals surface area contributed by atoms with Gasteiger partial charge in [-0.25, -0.2) is 8.78 Å². The Morgan fingerprint density at radius 1 is 1.14 bits per heavy atom. The predicted octanol–water partition coefficient (Wildman–Crippen LogP) is 3.53. The van der Waals surface area contributed by atoms with Gasteiger partial charge in [0.2, 0.25) is 0 Å². The number of benzene rings is 2. The van der Waals surface area contributed by atoms with Gasteiger partial charge in [-0.2, -0.15) is 0 Å². The number of aryl methyl sites for hydroxylation is 1. The number of rotatable bonds is 4. The molecule has 3 rings (SSSR count). The molecule has 0 saturated carbocycles. The molecule has 2 aromatic rings. The Bertz CT molecular complexity index is 657. The van der Waals surface area contributed by atoms with Crippen LogP contribution in [-0.2, 0) is 12.8 Å². The van der Waals surface area contributed by atoms with Crippen molar-refractivity contribution in [2.75, 3.05) is 6.61 Å². The van der Waals surface area contributed by atoms with Crippen molar-refractivity contribution in [1.82, 2.24) is 0 Å². The van der Waals surface area contributed by atoms with Gasteiger partial charge < -0.3 is 10.5 Å². The van der Waals surface area contributed by atoms with Crippen LogP contribution in [-0.4, -0.2) is 6.61 Å². The molecular weight excluding hydrogens is 272 g/mol. The van der Waals surface area contributed by atoms with E-state index in [4.69, 9.17) is 10.5 Å². The van der Waals surface area contributed by atoms with Crippen LogP contribution in [0.2, 0.25) is 0 Å². The zero-order valence-corrected chi connectivity index (χ0v) is 11.6. The monoisotopic (exact) mass is 289 g/mol. The molecule has 0 spiro atoms. The van der Waals surface area contributed by atoms with Crippen molar-refractivity contribution in [3.05, 3.63) is 64.7 Å². The van der Waals surface area contributed by atoms with Crippen LogP contribution in [0.1, 0.15) is 29.2 Å². The minimum Gasteiger partial charge on any atom is -0.493 e. The molecule has 1 atom stereocenters.